The van der Waals surface area contributed by atoms with Gasteiger partial charge in [-0.3, -0.25) is 19.5 Å². The van der Waals surface area contributed by atoms with Crippen LogP contribution in [-0.4, -0.2) is 54.5 Å². The Morgan fingerprint density at radius 2 is 1.87 bits per heavy atom. The van der Waals surface area contributed by atoms with Crippen LogP contribution in [-0.2, 0) is 9.59 Å². The minimum absolute atomic E-state index is 0. The second kappa shape index (κ2) is 9.70. The highest BCUT2D eigenvalue weighted by Gasteiger charge is 2.58. The van der Waals surface area contributed by atoms with Gasteiger partial charge in [0.05, 0.1) is 17.5 Å². The minimum atomic E-state index is -0.110. The van der Waals surface area contributed by atoms with E-state index in [-0.39, 0.29) is 65.4 Å². The van der Waals surface area contributed by atoms with Crippen LogP contribution in [0.25, 0.3) is 0 Å². The molecule has 2 fully saturated rings. The SMILES string of the molecule is CN=C(NCCCN1C(=O)C2C3C=CC(C3)C2C1=O)NCC(C)c1c(C)noc1C.I. The molecule has 2 bridgehead atoms. The van der Waals surface area contributed by atoms with Crippen LogP contribution >= 0.6 is 24.0 Å². The Morgan fingerprint density at radius 3 is 2.42 bits per heavy atom. The molecule has 2 amide bonds. The van der Waals surface area contributed by atoms with E-state index in [4.69, 9.17) is 4.52 Å². The molecule has 5 unspecified atom stereocenters. The summed E-state index contributed by atoms with van der Waals surface area (Å²) in [6, 6.07) is 0. The zero-order valence-corrected chi connectivity index (χ0v) is 20.9. The van der Waals surface area contributed by atoms with E-state index in [0.717, 1.165) is 23.4 Å². The maximum Gasteiger partial charge on any atom is 0.233 e. The molecular formula is C22H32IN5O3. The van der Waals surface area contributed by atoms with Crippen molar-refractivity contribution >= 4 is 41.8 Å². The molecule has 2 aliphatic carbocycles. The van der Waals surface area contributed by atoms with E-state index in [0.29, 0.717) is 32.0 Å². The van der Waals surface area contributed by atoms with Gasteiger partial charge in [0, 0.05) is 38.2 Å². The number of halogens is 1. The Morgan fingerprint density at radius 1 is 1.23 bits per heavy atom. The summed E-state index contributed by atoms with van der Waals surface area (Å²) in [6.07, 6.45) is 5.92. The third-order valence-corrected chi connectivity index (χ3v) is 6.79. The fourth-order valence-corrected chi connectivity index (χ4v) is 5.39. The van der Waals surface area contributed by atoms with Crippen molar-refractivity contribution in [1.82, 2.24) is 20.7 Å². The molecule has 1 saturated carbocycles. The molecule has 170 valence electrons. The third-order valence-electron chi connectivity index (χ3n) is 6.79. The number of rotatable bonds is 7. The first-order chi connectivity index (χ1) is 14.4. The van der Waals surface area contributed by atoms with E-state index in [1.54, 1.807) is 7.05 Å². The Bertz CT molecular complexity index is 846. The third kappa shape index (κ3) is 4.38. The summed E-state index contributed by atoms with van der Waals surface area (Å²) < 4.78 is 5.25. The average Bonchev–Trinajstić information content (AvgIpc) is 3.47. The number of guanidine groups is 1. The lowest BCUT2D eigenvalue weighted by atomic mass is 9.85. The van der Waals surface area contributed by atoms with Crippen LogP contribution in [0, 0.1) is 37.5 Å². The number of allylic oxidation sites excluding steroid dienone is 2. The number of amides is 2. The van der Waals surface area contributed by atoms with Crippen LogP contribution in [0.1, 0.15) is 42.7 Å². The molecule has 0 aromatic carbocycles. The molecule has 8 nitrogen and oxygen atoms in total. The van der Waals surface area contributed by atoms with Gasteiger partial charge in [0.15, 0.2) is 5.96 Å². The topological polar surface area (TPSA) is 99.8 Å². The molecule has 5 atom stereocenters. The Hall–Kier alpha value is -1.91. The zero-order chi connectivity index (χ0) is 21.4. The molecular weight excluding hydrogens is 509 g/mol. The average molecular weight is 541 g/mol. The summed E-state index contributed by atoms with van der Waals surface area (Å²) >= 11 is 0. The van der Waals surface area contributed by atoms with E-state index in [2.05, 4.69) is 39.9 Å². The number of carbonyl (C=O) groups is 2. The molecule has 1 aliphatic heterocycles. The number of hydrogen-bond acceptors (Lipinski definition) is 5. The molecule has 3 aliphatic rings. The maximum atomic E-state index is 12.7. The summed E-state index contributed by atoms with van der Waals surface area (Å²) in [7, 11) is 1.73. The molecule has 9 heteroatoms. The predicted octanol–water partition coefficient (Wildman–Crippen LogP) is 2.38. The molecule has 0 spiro atoms. The van der Waals surface area contributed by atoms with Crippen LogP contribution in [0.5, 0.6) is 0 Å². The van der Waals surface area contributed by atoms with Crippen molar-refractivity contribution in [1.29, 1.82) is 0 Å². The minimum Gasteiger partial charge on any atom is -0.361 e. The van der Waals surface area contributed by atoms with Gasteiger partial charge >= 0.3 is 0 Å². The Kier molecular flexibility index (Phi) is 7.43. The lowest BCUT2D eigenvalue weighted by Crippen LogP contribution is -2.41. The standard InChI is InChI=1S/C22H31N5O3.HI/c1-12(17-13(2)26-30-14(17)3)11-25-22(23-4)24-8-5-9-27-20(28)18-15-6-7-16(10-15)19(18)21(27)29;/h6-7,12,15-16,18-19H,5,8-11H2,1-4H3,(H2,23,24,25);1H. The fourth-order valence-electron chi connectivity index (χ4n) is 5.39. The Balaban J connectivity index is 0.00000272. The van der Waals surface area contributed by atoms with Crippen molar-refractivity contribution in [3.63, 3.8) is 0 Å². The first-order valence-electron chi connectivity index (χ1n) is 10.8. The van der Waals surface area contributed by atoms with Gasteiger partial charge in [-0.1, -0.05) is 24.2 Å². The normalized spacial score (nSPS) is 27.5. The van der Waals surface area contributed by atoms with Gasteiger partial charge in [-0.15, -0.1) is 24.0 Å². The van der Waals surface area contributed by atoms with Crippen LogP contribution in [0.3, 0.4) is 0 Å². The van der Waals surface area contributed by atoms with E-state index in [9.17, 15) is 9.59 Å². The number of fused-ring (bicyclic) bond motifs is 5. The fraction of sp³-hybridized carbons (Fsp3) is 0.636. The van der Waals surface area contributed by atoms with Crippen molar-refractivity contribution < 1.29 is 14.1 Å². The molecule has 0 radical (unpaired) electrons. The monoisotopic (exact) mass is 541 g/mol. The number of hydrogen-bond donors (Lipinski definition) is 2. The quantitative estimate of drug-likeness (QED) is 0.137. The van der Waals surface area contributed by atoms with Crippen LogP contribution < -0.4 is 10.6 Å². The van der Waals surface area contributed by atoms with Crippen molar-refractivity contribution in [2.45, 2.75) is 39.5 Å². The largest absolute Gasteiger partial charge is 0.361 e. The highest BCUT2D eigenvalue weighted by Crippen LogP contribution is 2.52. The van der Waals surface area contributed by atoms with E-state index >= 15 is 0 Å². The summed E-state index contributed by atoms with van der Waals surface area (Å²) in [4.78, 5) is 31.2. The number of aliphatic imine (C=N–C) groups is 1. The zero-order valence-electron chi connectivity index (χ0n) is 18.6. The maximum absolute atomic E-state index is 12.7. The van der Waals surface area contributed by atoms with Crippen LogP contribution in [0.4, 0.5) is 0 Å². The molecule has 31 heavy (non-hydrogen) atoms. The van der Waals surface area contributed by atoms with Gasteiger partial charge in [-0.25, -0.2) is 0 Å². The summed E-state index contributed by atoms with van der Waals surface area (Å²) in [5.41, 5.74) is 2.04. The van der Waals surface area contributed by atoms with Gasteiger partial charge in [0.2, 0.25) is 11.8 Å². The van der Waals surface area contributed by atoms with E-state index < -0.39 is 0 Å². The van der Waals surface area contributed by atoms with Gasteiger partial charge in [-0.2, -0.15) is 0 Å². The number of aromatic nitrogens is 1. The van der Waals surface area contributed by atoms with Crippen LogP contribution in [0.15, 0.2) is 21.7 Å². The highest BCUT2D eigenvalue weighted by molar-refractivity contribution is 14.0. The number of nitrogens with one attached hydrogen (secondary N) is 2. The Labute approximate surface area is 200 Å². The first-order valence-corrected chi connectivity index (χ1v) is 10.8. The van der Waals surface area contributed by atoms with Gasteiger partial charge < -0.3 is 15.2 Å². The number of aryl methyl sites for hydroxylation is 2. The van der Waals surface area contributed by atoms with E-state index in [1.165, 1.54) is 4.90 Å². The molecule has 1 saturated heterocycles. The van der Waals surface area contributed by atoms with E-state index in [1.807, 2.05) is 13.8 Å². The second-order valence-corrected chi connectivity index (χ2v) is 8.70. The highest BCUT2D eigenvalue weighted by atomic mass is 127. The second-order valence-electron chi connectivity index (χ2n) is 8.70. The molecule has 4 rings (SSSR count). The smallest absolute Gasteiger partial charge is 0.233 e. The number of likely N-dealkylation sites (tertiary alicyclic amines) is 1. The molecule has 1 aromatic rings. The molecule has 1 aromatic heterocycles. The van der Waals surface area contributed by atoms with Crippen molar-refractivity contribution in [2.75, 3.05) is 26.7 Å². The first kappa shape index (κ1) is 23.7. The van der Waals surface area contributed by atoms with Gasteiger partial charge in [0.1, 0.15) is 5.76 Å². The van der Waals surface area contributed by atoms with Gasteiger partial charge in [-0.05, 0) is 38.5 Å². The number of carbonyl (C=O) groups excluding carboxylic acids is 2. The van der Waals surface area contributed by atoms with Crippen molar-refractivity contribution in [2.24, 2.45) is 28.7 Å². The lowest BCUT2D eigenvalue weighted by molar-refractivity contribution is -0.140. The predicted molar refractivity (Wildman–Crippen MR) is 128 cm³/mol. The summed E-state index contributed by atoms with van der Waals surface area (Å²) in [5, 5.41) is 10.6. The number of imide groups is 1. The summed E-state index contributed by atoms with van der Waals surface area (Å²) in [6.45, 7) is 7.79. The van der Waals surface area contributed by atoms with Crippen molar-refractivity contribution in [3.05, 3.63) is 29.2 Å². The van der Waals surface area contributed by atoms with Gasteiger partial charge in [0.25, 0.3) is 0 Å². The van der Waals surface area contributed by atoms with Crippen molar-refractivity contribution in [3.8, 4) is 0 Å². The lowest BCUT2D eigenvalue weighted by Gasteiger charge is -2.18. The number of nitrogens with zero attached hydrogens (tertiary/aromatic N) is 3. The molecule has 2 N–H and O–H groups in total. The van der Waals surface area contributed by atoms with Crippen LogP contribution in [0.2, 0.25) is 0 Å². The molecule has 2 heterocycles. The summed E-state index contributed by atoms with van der Waals surface area (Å²) in [5.74, 6) is 2.14.